The number of pyridine rings is 1. The maximum Gasteiger partial charge on any atom is 0.254 e. The molecule has 2 heterocycles. The lowest BCUT2D eigenvalue weighted by Crippen LogP contribution is -2.28. The molecule has 3 aromatic rings. The molecule has 0 radical (unpaired) electrons. The monoisotopic (exact) mass is 464 g/mol. The fourth-order valence-corrected chi connectivity index (χ4v) is 4.42. The van der Waals surface area contributed by atoms with Crippen molar-refractivity contribution < 1.29 is 13.9 Å². The summed E-state index contributed by atoms with van der Waals surface area (Å²) in [5.41, 5.74) is 7.86. The molecule has 1 amide bonds. The van der Waals surface area contributed by atoms with E-state index >= 15 is 0 Å². The Hall–Kier alpha value is -3.75. The number of ether oxygens (including phenoxy) is 1. The first kappa shape index (κ1) is 23.4. The molecule has 0 spiro atoms. The number of anilines is 2. The predicted octanol–water partition coefficient (Wildman–Crippen LogP) is 4.41. The zero-order valence-corrected chi connectivity index (χ0v) is 19.6. The van der Waals surface area contributed by atoms with Crippen molar-refractivity contribution in [3.63, 3.8) is 0 Å². The summed E-state index contributed by atoms with van der Waals surface area (Å²) >= 11 is 0. The molecule has 8 nitrogen and oxygen atoms in total. The van der Waals surface area contributed by atoms with Gasteiger partial charge >= 0.3 is 0 Å². The zero-order chi connectivity index (χ0) is 24.2. The Bertz CT molecular complexity index is 1160. The number of aryl methyl sites for hydroxylation is 1. The van der Waals surface area contributed by atoms with E-state index in [2.05, 4.69) is 20.3 Å². The van der Waals surface area contributed by atoms with Crippen molar-refractivity contribution >= 4 is 17.7 Å². The summed E-state index contributed by atoms with van der Waals surface area (Å²) in [6.45, 7) is 1.99. The summed E-state index contributed by atoms with van der Waals surface area (Å²) in [7, 11) is 3.92. The van der Waals surface area contributed by atoms with Gasteiger partial charge in [0.1, 0.15) is 22.9 Å². The Kier molecular flexibility index (Phi) is 6.90. The molecule has 178 valence electrons. The minimum Gasteiger partial charge on any atom is -0.438 e. The topological polar surface area (TPSA) is 106 Å². The fourth-order valence-electron chi connectivity index (χ4n) is 4.42. The molecule has 0 unspecified atom stereocenters. The molecule has 1 aliphatic rings. The third kappa shape index (κ3) is 5.24. The molecule has 2 aromatic heterocycles. The van der Waals surface area contributed by atoms with Crippen molar-refractivity contribution in [2.45, 2.75) is 44.6 Å². The second-order valence-corrected chi connectivity index (χ2v) is 8.79. The lowest BCUT2D eigenvalue weighted by Gasteiger charge is -2.30. The minimum absolute atomic E-state index is 0.140. The van der Waals surface area contributed by atoms with Crippen molar-refractivity contribution in [2.75, 3.05) is 24.3 Å². The summed E-state index contributed by atoms with van der Waals surface area (Å²) in [5, 5.41) is 3.45. The minimum atomic E-state index is -0.593. The second-order valence-electron chi connectivity index (χ2n) is 8.79. The van der Waals surface area contributed by atoms with Gasteiger partial charge in [-0.25, -0.2) is 14.4 Å². The van der Waals surface area contributed by atoms with Crippen LogP contribution in [0.1, 0.15) is 53.1 Å². The molecule has 3 N–H and O–H groups in total. The second kappa shape index (κ2) is 10.0. The van der Waals surface area contributed by atoms with Gasteiger partial charge < -0.3 is 20.7 Å². The molecular formula is C25H29FN6O2. The summed E-state index contributed by atoms with van der Waals surface area (Å²) in [6, 6.07) is 7.62. The lowest BCUT2D eigenvalue weighted by atomic mass is 9.80. The molecule has 0 atom stereocenters. The number of nitrogens with two attached hydrogens (primary N) is 1. The van der Waals surface area contributed by atoms with E-state index in [4.69, 9.17) is 10.5 Å². The smallest absolute Gasteiger partial charge is 0.254 e. The Morgan fingerprint density at radius 1 is 1.12 bits per heavy atom. The highest BCUT2D eigenvalue weighted by Gasteiger charge is 2.28. The predicted molar refractivity (Wildman–Crippen MR) is 129 cm³/mol. The lowest BCUT2D eigenvalue weighted by molar-refractivity contribution is 0.0995. The third-order valence-electron chi connectivity index (χ3n) is 6.09. The van der Waals surface area contributed by atoms with Crippen LogP contribution in [0.15, 0.2) is 42.7 Å². The maximum atomic E-state index is 13.2. The van der Waals surface area contributed by atoms with Gasteiger partial charge in [0, 0.05) is 38.1 Å². The van der Waals surface area contributed by atoms with Crippen molar-refractivity contribution in [3.05, 3.63) is 65.2 Å². The van der Waals surface area contributed by atoms with E-state index in [0.29, 0.717) is 11.7 Å². The molecule has 0 saturated heterocycles. The van der Waals surface area contributed by atoms with E-state index in [0.717, 1.165) is 42.6 Å². The van der Waals surface area contributed by atoms with Gasteiger partial charge in [0.25, 0.3) is 5.91 Å². The van der Waals surface area contributed by atoms with Crippen LogP contribution in [0, 0.1) is 12.7 Å². The van der Waals surface area contributed by atoms with Crippen LogP contribution in [-0.4, -0.2) is 41.0 Å². The van der Waals surface area contributed by atoms with Crippen molar-refractivity contribution in [1.82, 2.24) is 15.0 Å². The number of nitrogens with one attached hydrogen (secondary N) is 1. The number of hydrogen-bond donors (Lipinski definition) is 2. The van der Waals surface area contributed by atoms with Gasteiger partial charge in [-0.15, -0.1) is 0 Å². The standard InChI is InChI=1S/C25H29FN6O2/c1-15-14-29-25(31-23(15)32(2)3)30-18-8-4-16(5-9-18)20-12-13-28-24(21(20)22(27)33)34-19-10-6-17(26)7-11-19/h6-7,10-14,16,18H,4-5,8-9H2,1-3H3,(H2,27,33)(H,29,30,31). The quantitative estimate of drug-likeness (QED) is 0.533. The van der Waals surface area contributed by atoms with Crippen LogP contribution in [0.25, 0.3) is 0 Å². The van der Waals surface area contributed by atoms with Gasteiger partial charge in [-0.05, 0) is 74.4 Å². The van der Waals surface area contributed by atoms with Gasteiger partial charge in [-0.2, -0.15) is 4.98 Å². The number of nitrogens with zero attached hydrogens (tertiary/aromatic N) is 4. The Balaban J connectivity index is 1.47. The normalized spacial score (nSPS) is 17.8. The molecule has 0 aliphatic heterocycles. The van der Waals surface area contributed by atoms with E-state index < -0.39 is 5.91 Å². The first-order chi connectivity index (χ1) is 16.3. The number of benzene rings is 1. The number of carbonyl (C=O) groups is 1. The first-order valence-corrected chi connectivity index (χ1v) is 11.3. The summed E-state index contributed by atoms with van der Waals surface area (Å²) in [5.74, 6) is 1.22. The van der Waals surface area contributed by atoms with Crippen LogP contribution in [0.4, 0.5) is 16.2 Å². The number of halogens is 1. The van der Waals surface area contributed by atoms with Crippen LogP contribution in [-0.2, 0) is 0 Å². The largest absolute Gasteiger partial charge is 0.438 e. The molecule has 1 aliphatic carbocycles. The van der Waals surface area contributed by atoms with Crippen LogP contribution >= 0.6 is 0 Å². The number of carbonyl (C=O) groups excluding carboxylic acids is 1. The maximum absolute atomic E-state index is 13.2. The fraction of sp³-hybridized carbons (Fsp3) is 0.360. The van der Waals surface area contributed by atoms with E-state index in [9.17, 15) is 9.18 Å². The van der Waals surface area contributed by atoms with Gasteiger partial charge in [-0.1, -0.05) is 0 Å². The van der Waals surface area contributed by atoms with Gasteiger partial charge in [-0.3, -0.25) is 4.79 Å². The van der Waals surface area contributed by atoms with Crippen LogP contribution < -0.4 is 20.7 Å². The molecule has 1 aromatic carbocycles. The number of rotatable bonds is 7. The summed E-state index contributed by atoms with van der Waals surface area (Å²) in [6.07, 6.45) is 6.97. The Morgan fingerprint density at radius 2 is 1.82 bits per heavy atom. The average molecular weight is 465 g/mol. The molecular weight excluding hydrogens is 435 g/mol. The molecule has 1 fully saturated rings. The number of aromatic nitrogens is 3. The molecule has 34 heavy (non-hydrogen) atoms. The van der Waals surface area contributed by atoms with Crippen LogP contribution in [0.2, 0.25) is 0 Å². The molecule has 0 bridgehead atoms. The van der Waals surface area contributed by atoms with Crippen molar-refractivity contribution in [1.29, 1.82) is 0 Å². The molecule has 9 heteroatoms. The number of hydrogen-bond acceptors (Lipinski definition) is 7. The highest BCUT2D eigenvalue weighted by molar-refractivity contribution is 5.97. The van der Waals surface area contributed by atoms with Crippen molar-refractivity contribution in [2.24, 2.45) is 5.73 Å². The highest BCUT2D eigenvalue weighted by Crippen LogP contribution is 2.38. The number of primary amides is 1. The molecule has 1 saturated carbocycles. The molecule has 4 rings (SSSR count). The highest BCUT2D eigenvalue weighted by atomic mass is 19.1. The third-order valence-corrected chi connectivity index (χ3v) is 6.09. The summed E-state index contributed by atoms with van der Waals surface area (Å²) < 4.78 is 19.0. The van der Waals surface area contributed by atoms with E-state index in [-0.39, 0.29) is 29.2 Å². The van der Waals surface area contributed by atoms with E-state index in [1.165, 1.54) is 24.3 Å². The van der Waals surface area contributed by atoms with Gasteiger partial charge in [0.2, 0.25) is 11.8 Å². The number of amides is 1. The van der Waals surface area contributed by atoms with Gasteiger partial charge in [0.15, 0.2) is 0 Å². The Labute approximate surface area is 198 Å². The van der Waals surface area contributed by atoms with Crippen LogP contribution in [0.5, 0.6) is 11.6 Å². The first-order valence-electron chi connectivity index (χ1n) is 11.3. The summed E-state index contributed by atoms with van der Waals surface area (Å²) in [4.78, 5) is 27.6. The SMILES string of the molecule is Cc1cnc(NC2CCC(c3ccnc(Oc4ccc(F)cc4)c3C(N)=O)CC2)nc1N(C)C. The van der Waals surface area contributed by atoms with E-state index in [1.807, 2.05) is 38.2 Å². The zero-order valence-electron chi connectivity index (χ0n) is 19.6. The van der Waals surface area contributed by atoms with Crippen LogP contribution in [0.3, 0.4) is 0 Å². The average Bonchev–Trinajstić information content (AvgIpc) is 2.82. The van der Waals surface area contributed by atoms with E-state index in [1.54, 1.807) is 6.20 Å². The van der Waals surface area contributed by atoms with Crippen molar-refractivity contribution in [3.8, 4) is 11.6 Å². The Morgan fingerprint density at radius 3 is 2.47 bits per heavy atom. The van der Waals surface area contributed by atoms with Gasteiger partial charge in [0.05, 0.1) is 0 Å².